The van der Waals surface area contributed by atoms with Crippen LogP contribution in [0, 0.1) is 5.92 Å². The van der Waals surface area contributed by atoms with Crippen LogP contribution in [0.3, 0.4) is 0 Å². The fourth-order valence-electron chi connectivity index (χ4n) is 2.22. The van der Waals surface area contributed by atoms with Gasteiger partial charge in [-0.15, -0.1) is 11.3 Å². The molecule has 3 nitrogen and oxygen atoms in total. The minimum Gasteiger partial charge on any atom is -0.310 e. The summed E-state index contributed by atoms with van der Waals surface area (Å²) >= 11 is 3.85. The predicted octanol–water partition coefficient (Wildman–Crippen LogP) is 2.83. The van der Waals surface area contributed by atoms with Crippen LogP contribution >= 0.6 is 23.1 Å². The molecule has 1 saturated heterocycles. The second-order valence-electron chi connectivity index (χ2n) is 5.69. The van der Waals surface area contributed by atoms with Gasteiger partial charge in [-0.1, -0.05) is 13.8 Å². The van der Waals surface area contributed by atoms with Gasteiger partial charge >= 0.3 is 0 Å². The molecule has 108 valence electrons. The molecule has 0 aromatic carbocycles. The number of hydrogen-bond donors (Lipinski definition) is 1. The van der Waals surface area contributed by atoms with Crippen LogP contribution < -0.4 is 5.32 Å². The van der Waals surface area contributed by atoms with E-state index in [0.717, 1.165) is 25.7 Å². The summed E-state index contributed by atoms with van der Waals surface area (Å²) in [7, 11) is 2.23. The fourth-order valence-corrected chi connectivity index (χ4v) is 4.28. The van der Waals surface area contributed by atoms with Gasteiger partial charge < -0.3 is 5.32 Å². The Morgan fingerprint density at radius 3 is 3.05 bits per heavy atom. The molecule has 1 N–H and O–H groups in total. The van der Waals surface area contributed by atoms with E-state index < -0.39 is 0 Å². The highest BCUT2D eigenvalue weighted by molar-refractivity contribution is 7.99. The highest BCUT2D eigenvalue weighted by atomic mass is 32.2. The van der Waals surface area contributed by atoms with Crippen LogP contribution in [0.5, 0.6) is 0 Å². The van der Waals surface area contributed by atoms with Gasteiger partial charge in [-0.2, -0.15) is 11.8 Å². The Bertz CT molecular complexity index is 373. The van der Waals surface area contributed by atoms with Gasteiger partial charge in [0.25, 0.3) is 0 Å². The standard InChI is InChI=1S/C14H25N3S2/c1-11(2)6-15-7-14-16-12(9-19-14)8-17(3)13-4-5-18-10-13/h9,11,13,15H,4-8,10H2,1-3H3. The maximum absolute atomic E-state index is 4.73. The summed E-state index contributed by atoms with van der Waals surface area (Å²) < 4.78 is 0. The van der Waals surface area contributed by atoms with E-state index in [9.17, 15) is 0 Å². The van der Waals surface area contributed by atoms with Crippen molar-refractivity contribution >= 4 is 23.1 Å². The Labute approximate surface area is 125 Å². The molecule has 5 heteroatoms. The molecule has 0 saturated carbocycles. The van der Waals surface area contributed by atoms with Crippen molar-refractivity contribution in [2.24, 2.45) is 5.92 Å². The molecule has 2 rings (SSSR count). The molecule has 1 fully saturated rings. The zero-order valence-corrected chi connectivity index (χ0v) is 13.8. The topological polar surface area (TPSA) is 28.2 Å². The van der Waals surface area contributed by atoms with Crippen molar-refractivity contribution in [3.05, 3.63) is 16.1 Å². The lowest BCUT2D eigenvalue weighted by Crippen LogP contribution is -2.31. The molecule has 0 spiro atoms. The van der Waals surface area contributed by atoms with Crippen molar-refractivity contribution in [3.8, 4) is 0 Å². The number of hydrogen-bond acceptors (Lipinski definition) is 5. The maximum atomic E-state index is 4.73. The van der Waals surface area contributed by atoms with Crippen molar-refractivity contribution in [2.75, 3.05) is 25.1 Å². The van der Waals surface area contributed by atoms with Gasteiger partial charge in [0.05, 0.1) is 5.69 Å². The van der Waals surface area contributed by atoms with Crippen molar-refractivity contribution in [1.82, 2.24) is 15.2 Å². The Morgan fingerprint density at radius 2 is 2.37 bits per heavy atom. The van der Waals surface area contributed by atoms with Gasteiger partial charge in [0.1, 0.15) is 5.01 Å². The molecule has 0 bridgehead atoms. The molecule has 0 aliphatic carbocycles. The predicted molar refractivity (Wildman–Crippen MR) is 85.9 cm³/mol. The monoisotopic (exact) mass is 299 g/mol. The van der Waals surface area contributed by atoms with E-state index in [2.05, 4.69) is 48.3 Å². The van der Waals surface area contributed by atoms with Gasteiger partial charge in [-0.05, 0) is 31.7 Å². The number of thiazole rings is 1. The molecular weight excluding hydrogens is 274 g/mol. The third kappa shape index (κ3) is 5.06. The Kier molecular flexibility index (Phi) is 6.13. The van der Waals surface area contributed by atoms with Gasteiger partial charge in [-0.3, -0.25) is 4.90 Å². The highest BCUT2D eigenvalue weighted by Gasteiger charge is 2.20. The van der Waals surface area contributed by atoms with E-state index in [1.54, 1.807) is 11.3 Å². The minimum absolute atomic E-state index is 0.699. The Morgan fingerprint density at radius 1 is 1.53 bits per heavy atom. The molecule has 2 heterocycles. The van der Waals surface area contributed by atoms with E-state index in [-0.39, 0.29) is 0 Å². The van der Waals surface area contributed by atoms with Crippen molar-refractivity contribution < 1.29 is 0 Å². The second-order valence-corrected chi connectivity index (χ2v) is 7.78. The summed E-state index contributed by atoms with van der Waals surface area (Å²) in [5.41, 5.74) is 1.23. The zero-order chi connectivity index (χ0) is 13.7. The van der Waals surface area contributed by atoms with Crippen LogP contribution in [-0.2, 0) is 13.1 Å². The first kappa shape index (κ1) is 15.3. The Balaban J connectivity index is 1.76. The van der Waals surface area contributed by atoms with Crippen molar-refractivity contribution in [3.63, 3.8) is 0 Å². The van der Waals surface area contributed by atoms with Crippen LogP contribution in [0.4, 0.5) is 0 Å². The number of aromatic nitrogens is 1. The number of rotatable bonds is 7. The van der Waals surface area contributed by atoms with Gasteiger partial charge in [0.15, 0.2) is 0 Å². The van der Waals surface area contributed by atoms with Gasteiger partial charge in [-0.25, -0.2) is 4.98 Å². The normalized spacial score (nSPS) is 19.7. The summed E-state index contributed by atoms with van der Waals surface area (Å²) in [6.07, 6.45) is 1.33. The molecule has 1 aliphatic rings. The van der Waals surface area contributed by atoms with Crippen LogP contribution in [0.25, 0.3) is 0 Å². The van der Waals surface area contributed by atoms with Crippen molar-refractivity contribution in [2.45, 2.75) is 39.4 Å². The molecule has 19 heavy (non-hydrogen) atoms. The summed E-state index contributed by atoms with van der Waals surface area (Å²) in [6, 6.07) is 0.745. The first-order chi connectivity index (χ1) is 9.15. The average molecular weight is 300 g/mol. The lowest BCUT2D eigenvalue weighted by Gasteiger charge is -2.22. The third-order valence-electron chi connectivity index (χ3n) is 3.37. The fraction of sp³-hybridized carbons (Fsp3) is 0.786. The minimum atomic E-state index is 0.699. The molecular formula is C14H25N3S2. The Hall–Kier alpha value is -0.100. The molecule has 1 aliphatic heterocycles. The van der Waals surface area contributed by atoms with Crippen LogP contribution in [0.15, 0.2) is 5.38 Å². The summed E-state index contributed by atoms with van der Waals surface area (Å²) in [4.78, 5) is 7.18. The van der Waals surface area contributed by atoms with E-state index in [0.29, 0.717) is 5.92 Å². The summed E-state index contributed by atoms with van der Waals surface area (Å²) in [5.74, 6) is 3.30. The molecule has 1 aromatic heterocycles. The van der Waals surface area contributed by atoms with E-state index in [1.807, 2.05) is 0 Å². The SMILES string of the molecule is CC(C)CNCc1nc(CN(C)C2CCSC2)cs1. The average Bonchev–Trinajstić information content (AvgIpc) is 2.99. The quantitative estimate of drug-likeness (QED) is 0.838. The lowest BCUT2D eigenvalue weighted by atomic mass is 10.2. The zero-order valence-electron chi connectivity index (χ0n) is 12.2. The third-order valence-corrected chi connectivity index (χ3v) is 5.41. The number of nitrogens with one attached hydrogen (secondary N) is 1. The number of nitrogens with zero attached hydrogens (tertiary/aromatic N) is 2. The first-order valence-electron chi connectivity index (χ1n) is 7.07. The lowest BCUT2D eigenvalue weighted by molar-refractivity contribution is 0.252. The second kappa shape index (κ2) is 7.62. The van der Waals surface area contributed by atoms with Crippen LogP contribution in [0.2, 0.25) is 0 Å². The van der Waals surface area contributed by atoms with E-state index >= 15 is 0 Å². The summed E-state index contributed by atoms with van der Waals surface area (Å²) in [5, 5.41) is 6.88. The maximum Gasteiger partial charge on any atom is 0.107 e. The van der Waals surface area contributed by atoms with E-state index in [1.165, 1.54) is 28.6 Å². The molecule has 1 aromatic rings. The molecule has 1 atom stereocenters. The van der Waals surface area contributed by atoms with Gasteiger partial charge in [0, 0.05) is 30.3 Å². The highest BCUT2D eigenvalue weighted by Crippen LogP contribution is 2.22. The molecule has 1 unspecified atom stereocenters. The number of thioether (sulfide) groups is 1. The van der Waals surface area contributed by atoms with Crippen LogP contribution in [-0.4, -0.2) is 41.0 Å². The first-order valence-corrected chi connectivity index (χ1v) is 9.10. The smallest absolute Gasteiger partial charge is 0.107 e. The largest absolute Gasteiger partial charge is 0.310 e. The van der Waals surface area contributed by atoms with E-state index in [4.69, 9.17) is 4.98 Å². The van der Waals surface area contributed by atoms with Crippen molar-refractivity contribution in [1.29, 1.82) is 0 Å². The van der Waals surface area contributed by atoms with Gasteiger partial charge in [0.2, 0.25) is 0 Å². The van der Waals surface area contributed by atoms with Crippen LogP contribution in [0.1, 0.15) is 31.0 Å². The molecule has 0 amide bonds. The molecule has 0 radical (unpaired) electrons. The summed E-state index contributed by atoms with van der Waals surface area (Å²) in [6.45, 7) is 7.43.